The first-order valence-electron chi connectivity index (χ1n) is 8.63. The van der Waals surface area contributed by atoms with Crippen LogP contribution in [0.25, 0.3) is 0 Å². The lowest BCUT2D eigenvalue weighted by atomic mass is 10.0. The Kier molecular flexibility index (Phi) is 5.13. The highest BCUT2D eigenvalue weighted by molar-refractivity contribution is 5.80. The van der Waals surface area contributed by atoms with E-state index < -0.39 is 11.7 Å². The van der Waals surface area contributed by atoms with Crippen LogP contribution < -0.4 is 5.32 Å². The summed E-state index contributed by atoms with van der Waals surface area (Å²) in [7, 11) is 0. The molecule has 1 saturated heterocycles. The second-order valence-corrected chi connectivity index (χ2v) is 6.75. The maximum Gasteiger partial charge on any atom is 0.416 e. The summed E-state index contributed by atoms with van der Waals surface area (Å²) < 4.78 is 39.8. The Morgan fingerprint density at radius 1 is 1.17 bits per heavy atom. The number of nitrogens with zero attached hydrogens (tertiary/aromatic N) is 1. The molecule has 3 rings (SSSR count). The van der Waals surface area contributed by atoms with Gasteiger partial charge in [-0.25, -0.2) is 0 Å². The third-order valence-electron chi connectivity index (χ3n) is 5.12. The van der Waals surface area contributed by atoms with Crippen molar-refractivity contribution >= 4 is 5.91 Å². The number of nitrogens with one attached hydrogen (secondary N) is 1. The Morgan fingerprint density at radius 2 is 1.88 bits per heavy atom. The SMILES string of the molecule is O=C(C1CCNC1)N(Cc1ccccc1C(F)(F)F)C1CCCC1. The van der Waals surface area contributed by atoms with Crippen molar-refractivity contribution in [2.75, 3.05) is 13.1 Å². The molecule has 6 heteroatoms. The molecule has 0 radical (unpaired) electrons. The van der Waals surface area contributed by atoms with Crippen molar-refractivity contribution in [2.45, 2.75) is 50.9 Å². The maximum absolute atomic E-state index is 13.3. The monoisotopic (exact) mass is 340 g/mol. The summed E-state index contributed by atoms with van der Waals surface area (Å²) in [6.45, 7) is 1.48. The van der Waals surface area contributed by atoms with E-state index in [9.17, 15) is 18.0 Å². The molecule has 1 N–H and O–H groups in total. The summed E-state index contributed by atoms with van der Waals surface area (Å²) >= 11 is 0. The average molecular weight is 340 g/mol. The van der Waals surface area contributed by atoms with Gasteiger partial charge in [0.15, 0.2) is 0 Å². The van der Waals surface area contributed by atoms with Crippen LogP contribution in [0.1, 0.15) is 43.2 Å². The molecule has 2 aliphatic rings. The van der Waals surface area contributed by atoms with Crippen LogP contribution in [0.15, 0.2) is 24.3 Å². The quantitative estimate of drug-likeness (QED) is 0.908. The predicted molar refractivity (Wildman–Crippen MR) is 85.2 cm³/mol. The largest absolute Gasteiger partial charge is 0.416 e. The zero-order chi connectivity index (χ0) is 17.2. The molecule has 2 fully saturated rings. The molecule has 1 aromatic carbocycles. The molecular weight excluding hydrogens is 317 g/mol. The van der Waals surface area contributed by atoms with Crippen molar-refractivity contribution < 1.29 is 18.0 Å². The van der Waals surface area contributed by atoms with E-state index in [4.69, 9.17) is 0 Å². The van der Waals surface area contributed by atoms with E-state index in [-0.39, 0.29) is 30.0 Å². The highest BCUT2D eigenvalue weighted by Gasteiger charge is 2.36. The second kappa shape index (κ2) is 7.13. The topological polar surface area (TPSA) is 32.3 Å². The molecule has 1 heterocycles. The van der Waals surface area contributed by atoms with Gasteiger partial charge in [0.1, 0.15) is 0 Å². The lowest BCUT2D eigenvalue weighted by Crippen LogP contribution is -2.42. The van der Waals surface area contributed by atoms with Gasteiger partial charge in [-0.15, -0.1) is 0 Å². The molecular formula is C18H23F3N2O. The number of carbonyl (C=O) groups excluding carboxylic acids is 1. The van der Waals surface area contributed by atoms with E-state index >= 15 is 0 Å². The first-order chi connectivity index (χ1) is 11.5. The molecule has 0 bridgehead atoms. The van der Waals surface area contributed by atoms with Gasteiger partial charge >= 0.3 is 6.18 Å². The number of benzene rings is 1. The van der Waals surface area contributed by atoms with E-state index in [1.807, 2.05) is 0 Å². The van der Waals surface area contributed by atoms with Crippen molar-refractivity contribution in [3.8, 4) is 0 Å². The summed E-state index contributed by atoms with van der Waals surface area (Å²) in [5, 5.41) is 3.17. The van der Waals surface area contributed by atoms with Crippen molar-refractivity contribution in [1.82, 2.24) is 10.2 Å². The molecule has 1 unspecified atom stereocenters. The van der Waals surface area contributed by atoms with Crippen LogP contribution in [0.3, 0.4) is 0 Å². The molecule has 1 saturated carbocycles. The maximum atomic E-state index is 13.3. The number of amides is 1. The third kappa shape index (κ3) is 3.74. The highest BCUT2D eigenvalue weighted by atomic mass is 19.4. The average Bonchev–Trinajstić information content (AvgIpc) is 3.24. The fourth-order valence-corrected chi connectivity index (χ4v) is 3.82. The summed E-state index contributed by atoms with van der Waals surface area (Å²) in [6, 6.07) is 5.67. The molecule has 0 spiro atoms. The summed E-state index contributed by atoms with van der Waals surface area (Å²) in [5.74, 6) is -0.104. The van der Waals surface area contributed by atoms with Crippen molar-refractivity contribution in [2.24, 2.45) is 5.92 Å². The standard InChI is InChI=1S/C18H23F3N2O/c19-18(20,21)16-8-4-1-5-14(16)12-23(15-6-2-3-7-15)17(24)13-9-10-22-11-13/h1,4-5,8,13,15,22H,2-3,6-7,9-12H2. The first kappa shape index (κ1) is 17.3. The van der Waals surface area contributed by atoms with Gasteiger partial charge < -0.3 is 10.2 Å². The highest BCUT2D eigenvalue weighted by Crippen LogP contribution is 2.34. The number of halogens is 3. The minimum atomic E-state index is -4.39. The van der Waals surface area contributed by atoms with E-state index in [2.05, 4.69) is 5.32 Å². The molecule has 1 atom stereocenters. The molecule has 1 aliphatic carbocycles. The van der Waals surface area contributed by atoms with Crippen LogP contribution >= 0.6 is 0 Å². The lowest BCUT2D eigenvalue weighted by Gasteiger charge is -2.32. The summed E-state index contributed by atoms with van der Waals surface area (Å²) in [5.41, 5.74) is -0.443. The Bertz CT molecular complexity index is 576. The van der Waals surface area contributed by atoms with Gasteiger partial charge in [0.2, 0.25) is 5.91 Å². The fourth-order valence-electron chi connectivity index (χ4n) is 3.82. The number of alkyl halides is 3. The van der Waals surface area contributed by atoms with E-state index in [0.717, 1.165) is 44.7 Å². The second-order valence-electron chi connectivity index (χ2n) is 6.75. The van der Waals surface area contributed by atoms with Crippen LogP contribution in [-0.2, 0) is 17.5 Å². The molecule has 1 aromatic rings. The lowest BCUT2D eigenvalue weighted by molar-refractivity contribution is -0.142. The van der Waals surface area contributed by atoms with E-state index in [0.29, 0.717) is 6.54 Å². The van der Waals surface area contributed by atoms with Crippen LogP contribution in [0.2, 0.25) is 0 Å². The van der Waals surface area contributed by atoms with Crippen molar-refractivity contribution in [3.05, 3.63) is 35.4 Å². The van der Waals surface area contributed by atoms with Gasteiger partial charge in [-0.05, 0) is 37.4 Å². The molecule has 3 nitrogen and oxygen atoms in total. The minimum Gasteiger partial charge on any atom is -0.335 e. The minimum absolute atomic E-state index is 0.00359. The van der Waals surface area contributed by atoms with Gasteiger partial charge in [0.05, 0.1) is 11.5 Å². The van der Waals surface area contributed by atoms with Crippen molar-refractivity contribution in [3.63, 3.8) is 0 Å². The number of rotatable bonds is 4. The molecule has 1 amide bonds. The predicted octanol–water partition coefficient (Wildman–Crippen LogP) is 3.59. The normalized spacial score (nSPS) is 22.0. The Balaban J connectivity index is 1.85. The molecule has 1 aliphatic heterocycles. The molecule has 24 heavy (non-hydrogen) atoms. The summed E-state index contributed by atoms with van der Waals surface area (Å²) in [4.78, 5) is 14.6. The van der Waals surface area contributed by atoms with Crippen LogP contribution in [0.4, 0.5) is 13.2 Å². The van der Waals surface area contributed by atoms with Gasteiger partial charge in [0, 0.05) is 19.1 Å². The Labute approximate surface area is 140 Å². The molecule has 132 valence electrons. The van der Waals surface area contributed by atoms with E-state index in [1.54, 1.807) is 11.0 Å². The van der Waals surface area contributed by atoms with Gasteiger partial charge in [-0.2, -0.15) is 13.2 Å². The smallest absolute Gasteiger partial charge is 0.335 e. The molecule has 0 aromatic heterocycles. The number of hydrogen-bond donors (Lipinski definition) is 1. The van der Waals surface area contributed by atoms with Crippen molar-refractivity contribution in [1.29, 1.82) is 0 Å². The van der Waals surface area contributed by atoms with Crippen LogP contribution in [0.5, 0.6) is 0 Å². The zero-order valence-electron chi connectivity index (χ0n) is 13.6. The van der Waals surface area contributed by atoms with Crippen LogP contribution in [-0.4, -0.2) is 29.9 Å². The zero-order valence-corrected chi connectivity index (χ0v) is 13.6. The fraction of sp³-hybridized carbons (Fsp3) is 0.611. The van der Waals surface area contributed by atoms with Gasteiger partial charge in [0.25, 0.3) is 0 Å². The number of carbonyl (C=O) groups is 1. The first-order valence-corrected chi connectivity index (χ1v) is 8.63. The van der Waals surface area contributed by atoms with E-state index in [1.165, 1.54) is 12.1 Å². The van der Waals surface area contributed by atoms with Crippen LogP contribution in [0, 0.1) is 5.92 Å². The Morgan fingerprint density at radius 3 is 2.50 bits per heavy atom. The summed E-state index contributed by atoms with van der Waals surface area (Å²) in [6.07, 6.45) is 0.232. The van der Waals surface area contributed by atoms with Gasteiger partial charge in [-0.3, -0.25) is 4.79 Å². The van der Waals surface area contributed by atoms with Gasteiger partial charge in [-0.1, -0.05) is 31.0 Å². The third-order valence-corrected chi connectivity index (χ3v) is 5.12. The number of hydrogen-bond acceptors (Lipinski definition) is 2. The Hall–Kier alpha value is -1.56.